The van der Waals surface area contributed by atoms with Gasteiger partial charge in [0.05, 0.1) is 17.9 Å². The van der Waals surface area contributed by atoms with Gasteiger partial charge in [0.25, 0.3) is 5.22 Å². The summed E-state index contributed by atoms with van der Waals surface area (Å²) in [6.45, 7) is 2.39. The van der Waals surface area contributed by atoms with Crippen molar-refractivity contribution in [2.45, 2.75) is 12.1 Å². The molecule has 0 N–H and O–H groups in total. The van der Waals surface area contributed by atoms with E-state index < -0.39 is 11.8 Å². The average molecular weight is 412 g/mol. The maximum Gasteiger partial charge on any atom is 0.342 e. The molecule has 0 radical (unpaired) electrons. The van der Waals surface area contributed by atoms with Crippen LogP contribution in [0.15, 0.2) is 58.2 Å². The van der Waals surface area contributed by atoms with Gasteiger partial charge >= 0.3 is 5.97 Å². The lowest BCUT2D eigenvalue weighted by Crippen LogP contribution is -2.07. The highest BCUT2D eigenvalue weighted by molar-refractivity contribution is 7.99. The van der Waals surface area contributed by atoms with Crippen LogP contribution in [0.25, 0.3) is 11.5 Å². The van der Waals surface area contributed by atoms with E-state index in [0.717, 1.165) is 11.3 Å². The fourth-order valence-electron chi connectivity index (χ4n) is 2.25. The van der Waals surface area contributed by atoms with E-state index in [1.807, 2.05) is 31.2 Å². The monoisotopic (exact) mass is 412 g/mol. The van der Waals surface area contributed by atoms with Crippen molar-refractivity contribution in [3.63, 3.8) is 0 Å². The third-order valence-electron chi connectivity index (χ3n) is 3.58. The maximum absolute atomic E-state index is 13.5. The molecule has 0 saturated heterocycles. The molecule has 0 bridgehead atoms. The number of benzene rings is 2. The molecular weight excluding hydrogens is 395 g/mol. The highest BCUT2D eigenvalue weighted by Crippen LogP contribution is 2.24. The molecule has 3 aromatic rings. The van der Waals surface area contributed by atoms with Gasteiger partial charge in [-0.05, 0) is 43.3 Å². The number of aromatic nitrogens is 2. The Kier molecular flexibility index (Phi) is 7.25. The maximum atomic E-state index is 13.5. The summed E-state index contributed by atoms with van der Waals surface area (Å²) >= 11 is 1.27. The first kappa shape index (κ1) is 20.4. The van der Waals surface area contributed by atoms with E-state index in [1.165, 1.54) is 30.0 Å². The van der Waals surface area contributed by atoms with Crippen LogP contribution in [0, 0.1) is 17.7 Å². The summed E-state index contributed by atoms with van der Waals surface area (Å²) in [6, 6.07) is 13.0. The Bertz CT molecular complexity index is 1020. The van der Waals surface area contributed by atoms with E-state index in [1.54, 1.807) is 6.07 Å². The van der Waals surface area contributed by atoms with Crippen molar-refractivity contribution in [3.05, 3.63) is 59.9 Å². The van der Waals surface area contributed by atoms with E-state index in [4.69, 9.17) is 13.9 Å². The third-order valence-corrected chi connectivity index (χ3v) is 4.28. The minimum atomic E-state index is -0.748. The van der Waals surface area contributed by atoms with Crippen molar-refractivity contribution >= 4 is 17.7 Å². The van der Waals surface area contributed by atoms with Gasteiger partial charge in [-0.15, -0.1) is 10.2 Å². The lowest BCUT2D eigenvalue weighted by molar-refractivity contribution is 0.0551. The second-order valence-electron chi connectivity index (χ2n) is 5.53. The lowest BCUT2D eigenvalue weighted by atomic mass is 10.2. The number of hydrogen-bond donors (Lipinski definition) is 0. The number of thioether (sulfide) groups is 1. The predicted octanol–water partition coefficient (Wildman–Crippen LogP) is 4.23. The smallest absolute Gasteiger partial charge is 0.342 e. The quantitative estimate of drug-likeness (QED) is 0.327. The van der Waals surface area contributed by atoms with Crippen LogP contribution in [0.3, 0.4) is 0 Å². The summed E-state index contributed by atoms with van der Waals surface area (Å²) in [6.07, 6.45) is 0. The van der Waals surface area contributed by atoms with Crippen molar-refractivity contribution in [3.8, 4) is 29.0 Å². The van der Waals surface area contributed by atoms with Gasteiger partial charge in [-0.25, -0.2) is 9.18 Å². The summed E-state index contributed by atoms with van der Waals surface area (Å²) in [5.41, 5.74) is 0.676. The Labute approximate surface area is 171 Å². The van der Waals surface area contributed by atoms with Gasteiger partial charge in [-0.3, -0.25) is 0 Å². The average Bonchev–Trinajstić information content (AvgIpc) is 3.20. The normalized spacial score (nSPS) is 10.1. The van der Waals surface area contributed by atoms with Crippen molar-refractivity contribution in [1.82, 2.24) is 10.2 Å². The summed E-state index contributed by atoms with van der Waals surface area (Å²) in [5, 5.41) is 8.36. The van der Waals surface area contributed by atoms with Crippen LogP contribution in [0.1, 0.15) is 17.3 Å². The first-order valence-electron chi connectivity index (χ1n) is 8.74. The molecule has 0 saturated carbocycles. The number of carbonyl (C=O) groups excluding carboxylic acids is 1. The highest BCUT2D eigenvalue weighted by atomic mass is 32.2. The standard InChI is InChI=1S/C21H17FN2O4S/c1-2-26-16-11-9-15(10-12-16)19-23-24-21(28-19)29-14-6-5-13-27-20(25)17-7-3-4-8-18(17)22/h3-4,7-12H,2,13-14H2,1H3. The molecule has 0 atom stereocenters. The first-order valence-corrected chi connectivity index (χ1v) is 9.73. The molecule has 0 aliphatic carbocycles. The largest absolute Gasteiger partial charge is 0.494 e. The molecule has 0 fully saturated rings. The van der Waals surface area contributed by atoms with E-state index in [0.29, 0.717) is 23.5 Å². The molecular formula is C21H17FN2O4S. The number of carbonyl (C=O) groups is 1. The van der Waals surface area contributed by atoms with Crippen LogP contribution in [-0.2, 0) is 4.74 Å². The number of halogens is 1. The molecule has 0 aliphatic heterocycles. The number of rotatable bonds is 7. The highest BCUT2D eigenvalue weighted by Gasteiger charge is 2.11. The fraction of sp³-hybridized carbons (Fsp3) is 0.190. The second-order valence-corrected chi connectivity index (χ2v) is 6.46. The van der Waals surface area contributed by atoms with Gasteiger partial charge in [-0.1, -0.05) is 35.7 Å². The number of hydrogen-bond acceptors (Lipinski definition) is 7. The zero-order valence-corrected chi connectivity index (χ0v) is 16.4. The zero-order valence-electron chi connectivity index (χ0n) is 15.6. The Balaban J connectivity index is 1.45. The topological polar surface area (TPSA) is 74.5 Å². The minimum Gasteiger partial charge on any atom is -0.494 e. The van der Waals surface area contributed by atoms with Gasteiger partial charge < -0.3 is 13.9 Å². The second kappa shape index (κ2) is 10.3. The fourth-order valence-corrected chi connectivity index (χ4v) is 2.79. The molecule has 0 unspecified atom stereocenters. The van der Waals surface area contributed by atoms with Crippen LogP contribution in [0.2, 0.25) is 0 Å². The molecule has 1 heterocycles. The minimum absolute atomic E-state index is 0.114. The summed E-state index contributed by atoms with van der Waals surface area (Å²) in [4.78, 5) is 11.7. The van der Waals surface area contributed by atoms with Crippen LogP contribution in [0.4, 0.5) is 4.39 Å². The van der Waals surface area contributed by atoms with Gasteiger partial charge in [0.2, 0.25) is 5.89 Å². The summed E-state index contributed by atoms with van der Waals surface area (Å²) in [7, 11) is 0. The summed E-state index contributed by atoms with van der Waals surface area (Å²) < 4.78 is 29.4. The number of esters is 1. The molecule has 8 heteroatoms. The lowest BCUT2D eigenvalue weighted by Gasteiger charge is -2.02. The Morgan fingerprint density at radius 3 is 2.69 bits per heavy atom. The molecule has 0 spiro atoms. The van der Waals surface area contributed by atoms with Crippen LogP contribution in [0.5, 0.6) is 5.75 Å². The molecule has 3 rings (SSSR count). The molecule has 2 aromatic carbocycles. The predicted molar refractivity (Wildman–Crippen MR) is 106 cm³/mol. The van der Waals surface area contributed by atoms with E-state index in [-0.39, 0.29) is 12.2 Å². The number of nitrogens with zero attached hydrogens (tertiary/aromatic N) is 2. The van der Waals surface area contributed by atoms with E-state index in [9.17, 15) is 9.18 Å². The SMILES string of the molecule is CCOc1ccc(-c2nnc(SCC#CCOC(=O)c3ccccc3F)o2)cc1. The molecule has 0 aliphatic rings. The molecule has 148 valence electrons. The Hall–Kier alpha value is -3.31. The molecule has 1 aromatic heterocycles. The van der Waals surface area contributed by atoms with E-state index in [2.05, 4.69) is 22.0 Å². The van der Waals surface area contributed by atoms with Crippen LogP contribution >= 0.6 is 11.8 Å². The van der Waals surface area contributed by atoms with Gasteiger partial charge in [0, 0.05) is 5.56 Å². The van der Waals surface area contributed by atoms with Gasteiger partial charge in [0.15, 0.2) is 6.61 Å². The third kappa shape index (κ3) is 5.83. The van der Waals surface area contributed by atoms with Crippen molar-refractivity contribution in [2.75, 3.05) is 19.0 Å². The zero-order chi connectivity index (χ0) is 20.5. The Morgan fingerprint density at radius 2 is 1.93 bits per heavy atom. The Morgan fingerprint density at radius 1 is 1.14 bits per heavy atom. The van der Waals surface area contributed by atoms with Gasteiger partial charge in [-0.2, -0.15) is 0 Å². The van der Waals surface area contributed by atoms with Crippen molar-refractivity contribution < 1.29 is 23.1 Å². The molecule has 29 heavy (non-hydrogen) atoms. The first-order chi connectivity index (χ1) is 14.2. The summed E-state index contributed by atoms with van der Waals surface area (Å²) in [5.74, 6) is 5.70. The van der Waals surface area contributed by atoms with Crippen molar-refractivity contribution in [1.29, 1.82) is 0 Å². The van der Waals surface area contributed by atoms with Crippen molar-refractivity contribution in [2.24, 2.45) is 0 Å². The molecule has 6 nitrogen and oxygen atoms in total. The van der Waals surface area contributed by atoms with Gasteiger partial charge in [0.1, 0.15) is 11.6 Å². The van der Waals surface area contributed by atoms with E-state index >= 15 is 0 Å². The number of ether oxygens (including phenoxy) is 2. The van der Waals surface area contributed by atoms with Crippen LogP contribution < -0.4 is 4.74 Å². The molecule has 0 amide bonds. The van der Waals surface area contributed by atoms with Crippen LogP contribution in [-0.4, -0.2) is 35.1 Å².